The van der Waals surface area contributed by atoms with Crippen molar-refractivity contribution in [1.29, 1.82) is 0 Å². The number of hydrogen-bond acceptors (Lipinski definition) is 8. The summed E-state index contributed by atoms with van der Waals surface area (Å²) in [5.41, 5.74) is 1.95. The first-order valence-electron chi connectivity index (χ1n) is 24.5. The van der Waals surface area contributed by atoms with Gasteiger partial charge in [0.05, 0.1) is 12.3 Å². The summed E-state index contributed by atoms with van der Waals surface area (Å²) in [6, 6.07) is 0. The predicted molar refractivity (Wildman–Crippen MR) is 272 cm³/mol. The van der Waals surface area contributed by atoms with Crippen LogP contribution in [0.15, 0.2) is 24.3 Å². The Morgan fingerprint density at radius 2 is 1.23 bits per heavy atom. The topological polar surface area (TPSA) is 88.2 Å². The van der Waals surface area contributed by atoms with Gasteiger partial charge < -0.3 is 24.5 Å². The molecular formula is C53H101N3O5S. The van der Waals surface area contributed by atoms with Gasteiger partial charge in [-0.3, -0.25) is 14.5 Å². The third-order valence-corrected chi connectivity index (χ3v) is 12.5. The normalized spacial score (nSPS) is 12.6. The number of fused-ring (bicyclic) bond motifs is 1. The molecule has 2 heterocycles. The van der Waals surface area contributed by atoms with E-state index in [1.54, 1.807) is 11.3 Å². The highest BCUT2D eigenvalue weighted by molar-refractivity contribution is 7.12. The molecule has 0 saturated heterocycles. The molecule has 0 atom stereocenters. The number of carbonyl (C=O) groups is 3. The molecule has 1 aromatic rings. The molecule has 2 rings (SSSR count). The highest BCUT2D eigenvalue weighted by Crippen LogP contribution is 2.34. The minimum atomic E-state index is -0.00491. The quantitative estimate of drug-likeness (QED) is 0.0519. The third kappa shape index (κ3) is 33.4. The number of nitrogens with one attached hydrogen (secondary N) is 1. The lowest BCUT2D eigenvalue weighted by Gasteiger charge is -2.26. The molecule has 62 heavy (non-hydrogen) atoms. The lowest BCUT2D eigenvalue weighted by atomic mass is 9.98. The molecule has 364 valence electrons. The van der Waals surface area contributed by atoms with E-state index in [-0.39, 0.29) is 28.0 Å². The van der Waals surface area contributed by atoms with Crippen molar-refractivity contribution in [3.8, 4) is 0 Å². The first-order valence-corrected chi connectivity index (χ1v) is 25.3. The second-order valence-electron chi connectivity index (χ2n) is 17.1. The van der Waals surface area contributed by atoms with Gasteiger partial charge in [0.1, 0.15) is 12.6 Å². The van der Waals surface area contributed by atoms with E-state index in [1.165, 1.54) is 120 Å². The molecule has 8 nitrogen and oxygen atoms in total. The van der Waals surface area contributed by atoms with E-state index in [1.807, 2.05) is 6.79 Å². The van der Waals surface area contributed by atoms with Gasteiger partial charge in [0.15, 0.2) is 0 Å². The fourth-order valence-electron chi connectivity index (χ4n) is 7.67. The number of hydrogen-bond donors (Lipinski definition) is 1. The summed E-state index contributed by atoms with van der Waals surface area (Å²) in [7, 11) is 4.11. The number of thiophene rings is 1. The summed E-state index contributed by atoms with van der Waals surface area (Å²) in [5, 5.41) is 3.18. The van der Waals surface area contributed by atoms with Crippen LogP contribution < -0.4 is 5.32 Å². The smallest absolute Gasteiger partial charge is 0.252 e. The summed E-state index contributed by atoms with van der Waals surface area (Å²) in [4.78, 5) is 41.5. The maximum atomic E-state index is 13.6. The van der Waals surface area contributed by atoms with Crippen LogP contribution in [0.3, 0.4) is 0 Å². The molecule has 1 aromatic heterocycles. The van der Waals surface area contributed by atoms with Crippen molar-refractivity contribution >= 4 is 29.8 Å². The van der Waals surface area contributed by atoms with E-state index >= 15 is 0 Å². The van der Waals surface area contributed by atoms with E-state index in [9.17, 15) is 9.59 Å². The molecule has 1 aliphatic rings. The zero-order chi connectivity index (χ0) is 43.7. The predicted octanol–water partition coefficient (Wildman–Crippen LogP) is 14.1. The molecule has 0 aliphatic carbocycles. The number of nitrogens with zero attached hydrogens (tertiary/aromatic N) is 2. The van der Waals surface area contributed by atoms with Crippen molar-refractivity contribution in [1.82, 2.24) is 15.1 Å². The molecule has 0 bridgehead atoms. The molecule has 0 spiro atoms. The summed E-state index contributed by atoms with van der Waals surface area (Å²) < 4.78 is 12.0. The SMILES string of the molecule is C.C.C=O.CCCCC/C=C\C/C=C\CCCCCCCC(=O)Cc1sc2c(c1C(=O)NCCCN(C)C)CCN(COCCCCCCOCCCCCCCCCCC)C2.[HH]. The van der Waals surface area contributed by atoms with Crippen LogP contribution in [0.4, 0.5) is 0 Å². The summed E-state index contributed by atoms with van der Waals surface area (Å²) >= 11 is 1.69. The molecule has 1 N–H and O–H groups in total. The van der Waals surface area contributed by atoms with Gasteiger partial charge in [0, 0.05) is 63.5 Å². The summed E-state index contributed by atoms with van der Waals surface area (Å²) in [6.07, 6.45) is 41.7. The molecular weight excluding hydrogens is 791 g/mol. The van der Waals surface area contributed by atoms with Crippen LogP contribution in [0.2, 0.25) is 0 Å². The number of rotatable bonds is 40. The number of unbranched alkanes of at least 4 members (excludes halogenated alkanes) is 19. The second-order valence-corrected chi connectivity index (χ2v) is 18.3. The Morgan fingerprint density at radius 3 is 1.82 bits per heavy atom. The Kier molecular flexibility index (Phi) is 45.3. The molecule has 1 aliphatic heterocycles. The average molecular weight is 892 g/mol. The van der Waals surface area contributed by atoms with Crippen LogP contribution in [0.1, 0.15) is 223 Å². The Labute approximate surface area is 389 Å². The molecule has 0 unspecified atom stereocenters. The summed E-state index contributed by atoms with van der Waals surface area (Å²) in [6.45, 7) is 13.0. The maximum absolute atomic E-state index is 13.6. The lowest BCUT2D eigenvalue weighted by molar-refractivity contribution is -0.118. The van der Waals surface area contributed by atoms with Crippen molar-refractivity contribution in [2.75, 3.05) is 60.3 Å². The third-order valence-electron chi connectivity index (χ3n) is 11.3. The van der Waals surface area contributed by atoms with Crippen molar-refractivity contribution < 1.29 is 25.3 Å². The minimum absolute atomic E-state index is 0. The van der Waals surface area contributed by atoms with Crippen molar-refractivity contribution in [3.63, 3.8) is 0 Å². The zero-order valence-corrected chi connectivity index (χ0v) is 40.1. The maximum Gasteiger partial charge on any atom is 0.252 e. The highest BCUT2D eigenvalue weighted by Gasteiger charge is 2.28. The number of allylic oxidation sites excluding steroid dienone is 4. The first kappa shape index (κ1) is 61.9. The fraction of sp³-hybridized carbons (Fsp3) is 0.792. The molecule has 0 fully saturated rings. The van der Waals surface area contributed by atoms with Crippen LogP contribution in [0, 0.1) is 0 Å². The van der Waals surface area contributed by atoms with Gasteiger partial charge in [-0.05, 0) is 96.8 Å². The second kappa shape index (κ2) is 45.4. The van der Waals surface area contributed by atoms with Crippen molar-refractivity contribution in [3.05, 3.63) is 45.2 Å². The monoisotopic (exact) mass is 892 g/mol. The Balaban J connectivity index is -0.00000709. The van der Waals surface area contributed by atoms with Gasteiger partial charge in [-0.25, -0.2) is 0 Å². The van der Waals surface area contributed by atoms with Crippen LogP contribution in [0.25, 0.3) is 0 Å². The molecule has 0 aromatic carbocycles. The van der Waals surface area contributed by atoms with Crippen molar-refractivity contribution in [2.24, 2.45) is 0 Å². The number of Topliss-reactive ketones (excluding diaryl/α,β-unsaturated/α-hetero) is 1. The fourth-order valence-corrected chi connectivity index (χ4v) is 9.09. The molecule has 1 amide bonds. The molecule has 0 radical (unpaired) electrons. The lowest BCUT2D eigenvalue weighted by Crippen LogP contribution is -2.33. The Morgan fingerprint density at radius 1 is 0.710 bits per heavy atom. The van der Waals surface area contributed by atoms with Crippen LogP contribution >= 0.6 is 11.3 Å². The van der Waals surface area contributed by atoms with Gasteiger partial charge in [-0.2, -0.15) is 0 Å². The van der Waals surface area contributed by atoms with E-state index in [2.05, 4.69) is 67.4 Å². The van der Waals surface area contributed by atoms with E-state index < -0.39 is 0 Å². The van der Waals surface area contributed by atoms with Crippen LogP contribution in [-0.4, -0.2) is 88.6 Å². The largest absolute Gasteiger partial charge is 0.381 e. The molecule has 9 heteroatoms. The van der Waals surface area contributed by atoms with Gasteiger partial charge in [-0.15, -0.1) is 11.3 Å². The van der Waals surface area contributed by atoms with Gasteiger partial charge in [-0.1, -0.05) is 149 Å². The van der Waals surface area contributed by atoms with Crippen molar-refractivity contribution in [2.45, 2.75) is 215 Å². The highest BCUT2D eigenvalue weighted by atomic mass is 32.1. The summed E-state index contributed by atoms with van der Waals surface area (Å²) in [5.74, 6) is 0.256. The average Bonchev–Trinajstić information content (AvgIpc) is 3.60. The first-order chi connectivity index (χ1) is 29.5. The van der Waals surface area contributed by atoms with Gasteiger partial charge >= 0.3 is 0 Å². The van der Waals surface area contributed by atoms with E-state index in [0.29, 0.717) is 26.1 Å². The Hall–Kier alpha value is -2.17. The minimum Gasteiger partial charge on any atom is -0.381 e. The molecule has 0 saturated carbocycles. The standard InChI is InChI=1S/C50H89N3O4S.CH2O.2CH4.H2/c1-5-7-9-11-13-15-16-17-18-19-20-21-23-25-29-34-45(54)42-47-49(50(55)51-36-33-37-52(3)4)46-35-38-53(43-48(46)58-47)44-57-41-32-28-27-31-40-56-39-30-26-24-22-14-12-10-8-6-2;1-2;;;/h13,15,17-18H,5-12,14,16,19-44H2,1-4H3,(H,51,55);1H2;2*1H4;1H/b15-13-,18-17-;;;;. The van der Waals surface area contributed by atoms with Crippen LogP contribution in [-0.2, 0) is 38.4 Å². The Bertz CT molecular complexity index is 1240. The number of ether oxygens (including phenoxy) is 2. The van der Waals surface area contributed by atoms with Crippen LogP contribution in [0.5, 0.6) is 0 Å². The number of ketones is 1. The number of carbonyl (C=O) groups excluding carboxylic acids is 3. The van der Waals surface area contributed by atoms with E-state index in [4.69, 9.17) is 14.3 Å². The number of amides is 1. The van der Waals surface area contributed by atoms with Gasteiger partial charge in [0.25, 0.3) is 5.91 Å². The zero-order valence-electron chi connectivity index (χ0n) is 39.3. The van der Waals surface area contributed by atoms with Gasteiger partial charge in [0.2, 0.25) is 0 Å². The van der Waals surface area contributed by atoms with E-state index in [0.717, 1.165) is 107 Å².